The number of halogens is 1. The van der Waals surface area contributed by atoms with Gasteiger partial charge < -0.3 is 0 Å². The van der Waals surface area contributed by atoms with Crippen molar-refractivity contribution in [3.05, 3.63) is 17.7 Å². The maximum Gasteiger partial charge on any atom is 0.243 e. The third kappa shape index (κ3) is 3.63. The molecule has 1 aromatic rings. The lowest BCUT2D eigenvalue weighted by Gasteiger charge is -2.15. The standard InChI is InChI=1S/C11H16ClN3O2S/c12-11-13-7-10(8-14-11)18(16,17)15-9-5-3-1-2-4-6-9/h7-9,15H,1-6H2. The second kappa shape index (κ2) is 5.95. The van der Waals surface area contributed by atoms with Gasteiger partial charge in [-0.05, 0) is 24.4 Å². The largest absolute Gasteiger partial charge is 0.243 e. The third-order valence-electron chi connectivity index (χ3n) is 3.08. The van der Waals surface area contributed by atoms with Crippen LogP contribution in [0.2, 0.25) is 5.28 Å². The lowest BCUT2D eigenvalue weighted by molar-refractivity contribution is 0.509. The van der Waals surface area contributed by atoms with Crippen LogP contribution >= 0.6 is 11.6 Å². The summed E-state index contributed by atoms with van der Waals surface area (Å²) in [4.78, 5) is 7.45. The Morgan fingerprint density at radius 3 is 2.22 bits per heavy atom. The highest BCUT2D eigenvalue weighted by molar-refractivity contribution is 7.89. The van der Waals surface area contributed by atoms with Gasteiger partial charge in [-0.2, -0.15) is 0 Å². The quantitative estimate of drug-likeness (QED) is 0.683. The topological polar surface area (TPSA) is 72.0 Å². The van der Waals surface area contributed by atoms with E-state index in [0.717, 1.165) is 25.7 Å². The maximum absolute atomic E-state index is 12.1. The first kappa shape index (κ1) is 13.7. The first-order valence-corrected chi connectivity index (χ1v) is 7.94. The molecule has 1 fully saturated rings. The van der Waals surface area contributed by atoms with Gasteiger partial charge >= 0.3 is 0 Å². The highest BCUT2D eigenvalue weighted by Gasteiger charge is 2.21. The number of hydrogen-bond donors (Lipinski definition) is 1. The van der Waals surface area contributed by atoms with Crippen LogP contribution in [0.25, 0.3) is 0 Å². The fraction of sp³-hybridized carbons (Fsp3) is 0.636. The number of sulfonamides is 1. The highest BCUT2D eigenvalue weighted by atomic mass is 35.5. The van der Waals surface area contributed by atoms with Crippen LogP contribution in [0.4, 0.5) is 0 Å². The van der Waals surface area contributed by atoms with Gasteiger partial charge in [-0.1, -0.05) is 25.7 Å². The van der Waals surface area contributed by atoms with E-state index in [2.05, 4.69) is 14.7 Å². The molecule has 0 radical (unpaired) electrons. The molecular weight excluding hydrogens is 274 g/mol. The molecule has 18 heavy (non-hydrogen) atoms. The lowest BCUT2D eigenvalue weighted by atomic mass is 10.1. The van der Waals surface area contributed by atoms with E-state index in [1.54, 1.807) is 0 Å². The van der Waals surface area contributed by atoms with Gasteiger partial charge in [0.1, 0.15) is 4.90 Å². The smallest absolute Gasteiger partial charge is 0.225 e. The summed E-state index contributed by atoms with van der Waals surface area (Å²) >= 11 is 5.54. The minimum Gasteiger partial charge on any atom is -0.225 e. The van der Waals surface area contributed by atoms with Crippen LogP contribution in [0.15, 0.2) is 17.3 Å². The molecular formula is C11H16ClN3O2S. The molecule has 100 valence electrons. The van der Waals surface area contributed by atoms with E-state index in [1.807, 2.05) is 0 Å². The van der Waals surface area contributed by atoms with Crippen molar-refractivity contribution in [3.8, 4) is 0 Å². The Kier molecular flexibility index (Phi) is 4.53. The molecule has 0 amide bonds. The summed E-state index contributed by atoms with van der Waals surface area (Å²) in [6.07, 6.45) is 8.77. The number of aromatic nitrogens is 2. The lowest BCUT2D eigenvalue weighted by Crippen LogP contribution is -2.34. The normalized spacial score (nSPS) is 18.5. The Morgan fingerprint density at radius 2 is 1.67 bits per heavy atom. The Bertz CT molecular complexity index is 482. The molecule has 0 atom stereocenters. The molecule has 0 unspecified atom stereocenters. The van der Waals surface area contributed by atoms with Crippen molar-refractivity contribution >= 4 is 21.6 Å². The summed E-state index contributed by atoms with van der Waals surface area (Å²) in [7, 11) is -3.53. The Balaban J connectivity index is 2.08. The van der Waals surface area contributed by atoms with Crippen molar-refractivity contribution in [1.29, 1.82) is 0 Å². The van der Waals surface area contributed by atoms with Gasteiger partial charge in [0.05, 0.1) is 12.4 Å². The van der Waals surface area contributed by atoms with E-state index in [0.29, 0.717) is 0 Å². The molecule has 1 aliphatic carbocycles. The van der Waals surface area contributed by atoms with Crippen LogP contribution in [-0.2, 0) is 10.0 Å². The number of nitrogens with zero attached hydrogens (tertiary/aromatic N) is 2. The molecule has 0 saturated heterocycles. The maximum atomic E-state index is 12.1. The Morgan fingerprint density at radius 1 is 1.11 bits per heavy atom. The van der Waals surface area contributed by atoms with E-state index in [9.17, 15) is 8.42 Å². The monoisotopic (exact) mass is 289 g/mol. The Hall–Kier alpha value is -0.720. The number of rotatable bonds is 3. The van der Waals surface area contributed by atoms with E-state index in [-0.39, 0.29) is 16.2 Å². The zero-order valence-electron chi connectivity index (χ0n) is 9.97. The SMILES string of the molecule is O=S(=O)(NC1CCCCCC1)c1cnc(Cl)nc1. The number of hydrogen-bond acceptors (Lipinski definition) is 4. The van der Waals surface area contributed by atoms with E-state index < -0.39 is 10.0 Å². The second-order valence-electron chi connectivity index (χ2n) is 4.50. The van der Waals surface area contributed by atoms with Crippen molar-refractivity contribution < 1.29 is 8.42 Å². The molecule has 7 heteroatoms. The minimum absolute atomic E-state index is 0.0215. The summed E-state index contributed by atoms with van der Waals surface area (Å²) in [5.41, 5.74) is 0. The third-order valence-corrected chi connectivity index (χ3v) is 4.75. The molecule has 0 aromatic carbocycles. The van der Waals surface area contributed by atoms with Crippen molar-refractivity contribution in [3.63, 3.8) is 0 Å². The summed E-state index contributed by atoms with van der Waals surface area (Å²) in [6, 6.07) is 0.0215. The molecule has 1 heterocycles. The molecule has 0 spiro atoms. The molecule has 0 bridgehead atoms. The van der Waals surface area contributed by atoms with Crippen molar-refractivity contribution in [2.75, 3.05) is 0 Å². The first-order valence-electron chi connectivity index (χ1n) is 6.08. The van der Waals surface area contributed by atoms with Crippen LogP contribution in [-0.4, -0.2) is 24.4 Å². The van der Waals surface area contributed by atoms with Crippen LogP contribution in [0, 0.1) is 0 Å². The van der Waals surface area contributed by atoms with Gasteiger partial charge in [0.2, 0.25) is 15.3 Å². The van der Waals surface area contributed by atoms with Crippen LogP contribution in [0.3, 0.4) is 0 Å². The predicted octanol–water partition coefficient (Wildman–Crippen LogP) is 2.13. The van der Waals surface area contributed by atoms with Gasteiger partial charge in [-0.15, -0.1) is 0 Å². The summed E-state index contributed by atoms with van der Waals surface area (Å²) in [5, 5.41) is 0.0448. The van der Waals surface area contributed by atoms with Gasteiger partial charge in [0, 0.05) is 6.04 Å². The molecule has 5 nitrogen and oxygen atoms in total. The van der Waals surface area contributed by atoms with E-state index in [4.69, 9.17) is 11.6 Å². The summed E-state index contributed by atoms with van der Waals surface area (Å²) in [5.74, 6) is 0. The molecule has 1 N–H and O–H groups in total. The summed E-state index contributed by atoms with van der Waals surface area (Å²) in [6.45, 7) is 0. The summed E-state index contributed by atoms with van der Waals surface area (Å²) < 4.78 is 26.9. The van der Waals surface area contributed by atoms with Crippen LogP contribution in [0.1, 0.15) is 38.5 Å². The van der Waals surface area contributed by atoms with Crippen LogP contribution < -0.4 is 4.72 Å². The number of nitrogens with one attached hydrogen (secondary N) is 1. The van der Waals surface area contributed by atoms with Crippen LogP contribution in [0.5, 0.6) is 0 Å². The first-order chi connectivity index (χ1) is 8.58. The van der Waals surface area contributed by atoms with Crippen molar-refractivity contribution in [1.82, 2.24) is 14.7 Å². The molecule has 1 saturated carbocycles. The van der Waals surface area contributed by atoms with Gasteiger partial charge in [0.25, 0.3) is 0 Å². The molecule has 1 aliphatic rings. The fourth-order valence-corrected chi connectivity index (χ4v) is 3.42. The van der Waals surface area contributed by atoms with Gasteiger partial charge in [-0.25, -0.2) is 23.1 Å². The highest BCUT2D eigenvalue weighted by Crippen LogP contribution is 2.19. The van der Waals surface area contributed by atoms with Gasteiger partial charge in [0.15, 0.2) is 0 Å². The predicted molar refractivity (Wildman–Crippen MR) is 68.9 cm³/mol. The zero-order valence-corrected chi connectivity index (χ0v) is 11.5. The fourth-order valence-electron chi connectivity index (χ4n) is 2.12. The average Bonchev–Trinajstić information content (AvgIpc) is 2.57. The second-order valence-corrected chi connectivity index (χ2v) is 6.55. The van der Waals surface area contributed by atoms with Gasteiger partial charge in [-0.3, -0.25) is 0 Å². The van der Waals surface area contributed by atoms with E-state index in [1.165, 1.54) is 25.2 Å². The molecule has 1 aromatic heterocycles. The average molecular weight is 290 g/mol. The Labute approximate surface area is 112 Å². The minimum atomic E-state index is -3.53. The molecule has 0 aliphatic heterocycles. The zero-order chi connectivity index (χ0) is 13.0. The van der Waals surface area contributed by atoms with Crippen molar-refractivity contribution in [2.45, 2.75) is 49.5 Å². The molecule has 2 rings (SSSR count). The van der Waals surface area contributed by atoms with E-state index >= 15 is 0 Å². The van der Waals surface area contributed by atoms with Crippen molar-refractivity contribution in [2.24, 2.45) is 0 Å².